The van der Waals surface area contributed by atoms with E-state index in [4.69, 9.17) is 9.47 Å². The van der Waals surface area contributed by atoms with E-state index in [9.17, 15) is 4.79 Å². The van der Waals surface area contributed by atoms with Crippen molar-refractivity contribution in [2.24, 2.45) is 10.2 Å². The summed E-state index contributed by atoms with van der Waals surface area (Å²) in [6.07, 6.45) is 2.40. The second kappa shape index (κ2) is 9.60. The van der Waals surface area contributed by atoms with Crippen molar-refractivity contribution in [1.29, 1.82) is 0 Å². The van der Waals surface area contributed by atoms with Crippen LogP contribution in [0.25, 0.3) is 0 Å². The van der Waals surface area contributed by atoms with Crippen molar-refractivity contribution in [2.45, 2.75) is 32.1 Å². The molecule has 3 rings (SSSR count). The molecule has 2 aromatic rings. The molecule has 0 spiro atoms. The van der Waals surface area contributed by atoms with Crippen LogP contribution in [0, 0.1) is 6.92 Å². The van der Waals surface area contributed by atoms with Crippen LogP contribution in [0.3, 0.4) is 0 Å². The van der Waals surface area contributed by atoms with Gasteiger partial charge in [-0.2, -0.15) is 5.10 Å². The lowest BCUT2D eigenvalue weighted by Gasteiger charge is -2.17. The Morgan fingerprint density at radius 3 is 2.59 bits per heavy atom. The molecule has 0 saturated carbocycles. The maximum atomic E-state index is 12.8. The molecule has 0 aromatic heterocycles. The number of carbonyl (C=O) groups excluding carboxylic acids is 1. The molecule has 0 bridgehead atoms. The Labute approximate surface area is 175 Å². The van der Waals surface area contributed by atoms with Gasteiger partial charge in [-0.25, -0.2) is 0 Å². The first kappa shape index (κ1) is 20.9. The lowest BCUT2D eigenvalue weighted by atomic mass is 10.1. The number of hydrogen-bond donors (Lipinski definition) is 0. The van der Waals surface area contributed by atoms with Gasteiger partial charge in [-0.3, -0.25) is 9.69 Å². The van der Waals surface area contributed by atoms with Crippen LogP contribution in [0.15, 0.2) is 52.7 Å². The minimum atomic E-state index is -0.117. The van der Waals surface area contributed by atoms with Crippen molar-refractivity contribution >= 4 is 29.1 Å². The van der Waals surface area contributed by atoms with E-state index in [0.29, 0.717) is 23.2 Å². The zero-order valence-corrected chi connectivity index (χ0v) is 17.9. The zero-order valence-electron chi connectivity index (χ0n) is 17.1. The standard InChI is InChI=1S/C22H25N3O3S/c1-5-20-21(26)25(14-17-9-7-6-8-15(17)2)22(29-20)24-23-13-16-10-11-18(27-3)19(12-16)28-4/h6-13,20H,5,14H2,1-4H3/b23-13-,24-22+/t20-/m0/s1. The number of rotatable bonds is 7. The lowest BCUT2D eigenvalue weighted by molar-refractivity contribution is -0.126. The van der Waals surface area contributed by atoms with Gasteiger partial charge in [-0.05, 0) is 48.2 Å². The Balaban J connectivity index is 1.82. The second-order valence-corrected chi connectivity index (χ2v) is 7.78. The maximum Gasteiger partial charge on any atom is 0.242 e. The first-order valence-electron chi connectivity index (χ1n) is 9.43. The number of aryl methyl sites for hydroxylation is 1. The van der Waals surface area contributed by atoms with Crippen LogP contribution in [-0.4, -0.2) is 41.7 Å². The molecule has 1 heterocycles. The Bertz CT molecular complexity index is 943. The molecule has 29 heavy (non-hydrogen) atoms. The van der Waals surface area contributed by atoms with Gasteiger partial charge in [0.2, 0.25) is 5.91 Å². The number of carbonyl (C=O) groups is 1. The number of methoxy groups -OCH3 is 2. The Morgan fingerprint density at radius 2 is 1.90 bits per heavy atom. The summed E-state index contributed by atoms with van der Waals surface area (Å²) in [7, 11) is 3.19. The average molecular weight is 412 g/mol. The Hall–Kier alpha value is -2.80. The Morgan fingerprint density at radius 1 is 1.14 bits per heavy atom. The van der Waals surface area contributed by atoms with Crippen LogP contribution < -0.4 is 9.47 Å². The number of ether oxygens (including phenoxy) is 2. The van der Waals surface area contributed by atoms with Gasteiger partial charge >= 0.3 is 0 Å². The SMILES string of the molecule is CC[C@@H]1S/C(=N/N=C\c2ccc(OC)c(OC)c2)N(Cc2ccccc2C)C1=O. The third kappa shape index (κ3) is 4.79. The highest BCUT2D eigenvalue weighted by Gasteiger charge is 2.37. The molecule has 2 aromatic carbocycles. The van der Waals surface area contributed by atoms with Crippen LogP contribution in [0.1, 0.15) is 30.0 Å². The fraction of sp³-hybridized carbons (Fsp3) is 0.318. The molecule has 152 valence electrons. The van der Waals surface area contributed by atoms with E-state index in [-0.39, 0.29) is 11.2 Å². The molecular formula is C22H25N3O3S. The molecule has 1 aliphatic rings. The van der Waals surface area contributed by atoms with Crippen molar-refractivity contribution in [3.63, 3.8) is 0 Å². The summed E-state index contributed by atoms with van der Waals surface area (Å²) in [4.78, 5) is 14.5. The summed E-state index contributed by atoms with van der Waals surface area (Å²) < 4.78 is 10.6. The van der Waals surface area contributed by atoms with Crippen molar-refractivity contribution in [3.8, 4) is 11.5 Å². The van der Waals surface area contributed by atoms with Crippen LogP contribution >= 0.6 is 11.8 Å². The van der Waals surface area contributed by atoms with E-state index in [0.717, 1.165) is 23.1 Å². The van der Waals surface area contributed by atoms with Gasteiger partial charge in [0.05, 0.1) is 32.2 Å². The van der Waals surface area contributed by atoms with E-state index < -0.39 is 0 Å². The predicted molar refractivity (Wildman–Crippen MR) is 118 cm³/mol. The second-order valence-electron chi connectivity index (χ2n) is 6.61. The fourth-order valence-electron chi connectivity index (χ4n) is 3.03. The molecule has 0 aliphatic carbocycles. The average Bonchev–Trinajstić information content (AvgIpc) is 3.04. The van der Waals surface area contributed by atoms with Gasteiger partial charge in [0.15, 0.2) is 16.7 Å². The van der Waals surface area contributed by atoms with Crippen molar-refractivity contribution < 1.29 is 14.3 Å². The number of benzene rings is 2. The van der Waals surface area contributed by atoms with Gasteiger partial charge in [0.1, 0.15) is 0 Å². The molecule has 1 fully saturated rings. The largest absolute Gasteiger partial charge is 0.493 e. The minimum absolute atomic E-state index is 0.0841. The smallest absolute Gasteiger partial charge is 0.242 e. The minimum Gasteiger partial charge on any atom is -0.493 e. The molecule has 7 heteroatoms. The number of nitrogens with zero attached hydrogens (tertiary/aromatic N) is 3. The van der Waals surface area contributed by atoms with E-state index in [1.54, 1.807) is 25.3 Å². The fourth-order valence-corrected chi connectivity index (χ4v) is 4.05. The third-order valence-corrected chi connectivity index (χ3v) is 6.07. The first-order chi connectivity index (χ1) is 14.1. The summed E-state index contributed by atoms with van der Waals surface area (Å²) in [6.45, 7) is 4.56. The van der Waals surface area contributed by atoms with E-state index in [2.05, 4.69) is 10.2 Å². The van der Waals surface area contributed by atoms with Gasteiger partial charge in [0, 0.05) is 0 Å². The van der Waals surface area contributed by atoms with Gasteiger partial charge in [-0.15, -0.1) is 5.10 Å². The number of thioether (sulfide) groups is 1. The van der Waals surface area contributed by atoms with E-state index in [1.807, 2.05) is 56.3 Å². The molecule has 1 saturated heterocycles. The number of amidine groups is 1. The van der Waals surface area contributed by atoms with Gasteiger partial charge < -0.3 is 9.47 Å². The van der Waals surface area contributed by atoms with Crippen LogP contribution in [-0.2, 0) is 11.3 Å². The summed E-state index contributed by atoms with van der Waals surface area (Å²) in [5.41, 5.74) is 3.09. The molecule has 6 nitrogen and oxygen atoms in total. The highest BCUT2D eigenvalue weighted by Crippen LogP contribution is 2.31. The molecule has 1 atom stereocenters. The predicted octanol–water partition coefficient (Wildman–Crippen LogP) is 4.26. The number of amides is 1. The summed E-state index contributed by atoms with van der Waals surface area (Å²) >= 11 is 1.47. The van der Waals surface area contributed by atoms with Crippen molar-refractivity contribution in [1.82, 2.24) is 4.90 Å². The topological polar surface area (TPSA) is 63.5 Å². The van der Waals surface area contributed by atoms with Crippen LogP contribution in [0.5, 0.6) is 11.5 Å². The normalized spacial score (nSPS) is 18.1. The highest BCUT2D eigenvalue weighted by atomic mass is 32.2. The monoisotopic (exact) mass is 411 g/mol. The molecule has 0 unspecified atom stereocenters. The number of hydrogen-bond acceptors (Lipinski definition) is 6. The van der Waals surface area contributed by atoms with Gasteiger partial charge in [0.25, 0.3) is 0 Å². The van der Waals surface area contributed by atoms with Crippen LogP contribution in [0.4, 0.5) is 0 Å². The van der Waals surface area contributed by atoms with Gasteiger partial charge in [-0.1, -0.05) is 43.0 Å². The maximum absolute atomic E-state index is 12.8. The first-order valence-corrected chi connectivity index (χ1v) is 10.3. The third-order valence-electron chi connectivity index (χ3n) is 4.74. The lowest BCUT2D eigenvalue weighted by Crippen LogP contribution is -2.31. The van der Waals surface area contributed by atoms with E-state index >= 15 is 0 Å². The zero-order chi connectivity index (χ0) is 20.8. The van der Waals surface area contributed by atoms with Crippen LogP contribution in [0.2, 0.25) is 0 Å². The molecule has 0 radical (unpaired) electrons. The summed E-state index contributed by atoms with van der Waals surface area (Å²) in [5, 5.41) is 9.09. The summed E-state index contributed by atoms with van der Waals surface area (Å²) in [5.74, 6) is 1.37. The van der Waals surface area contributed by atoms with Crippen molar-refractivity contribution in [3.05, 3.63) is 59.2 Å². The molecular weight excluding hydrogens is 386 g/mol. The van der Waals surface area contributed by atoms with Crippen molar-refractivity contribution in [2.75, 3.05) is 14.2 Å². The molecule has 0 N–H and O–H groups in total. The van der Waals surface area contributed by atoms with E-state index in [1.165, 1.54) is 11.8 Å². The Kier molecular flexibility index (Phi) is 6.93. The molecule has 1 aliphatic heterocycles. The summed E-state index contributed by atoms with van der Waals surface area (Å²) in [6, 6.07) is 13.6. The molecule has 1 amide bonds. The highest BCUT2D eigenvalue weighted by molar-refractivity contribution is 8.15. The quantitative estimate of drug-likeness (QED) is 0.505.